The number of hydrogen-bond acceptors (Lipinski definition) is 3. The molecule has 2 aliphatic heterocycles. The molecule has 2 aromatic carbocycles. The lowest BCUT2D eigenvalue weighted by molar-refractivity contribution is -0.916. The van der Waals surface area contributed by atoms with Crippen molar-refractivity contribution in [1.29, 1.82) is 0 Å². The summed E-state index contributed by atoms with van der Waals surface area (Å²) in [4.78, 5) is 11.4. The second-order valence-corrected chi connectivity index (χ2v) is 8.57. The fraction of sp³-hybridized carbons (Fsp3) is 0.435. The number of halogens is 3. The number of hydrogen-bond donors (Lipinski definition) is 1. The largest absolute Gasteiger partial charge is 1.00 e. The van der Waals surface area contributed by atoms with Crippen LogP contribution in [-0.4, -0.2) is 56.0 Å². The molecule has 4 rings (SSSR count). The molecule has 5 nitrogen and oxygen atoms in total. The van der Waals surface area contributed by atoms with E-state index in [9.17, 15) is 13.6 Å². The number of quaternary nitrogens is 1. The van der Waals surface area contributed by atoms with Crippen LogP contribution in [0.2, 0.25) is 0 Å². The Hall–Kier alpha value is -1.78. The fourth-order valence-corrected chi connectivity index (χ4v) is 4.24. The molecule has 0 unspecified atom stereocenters. The van der Waals surface area contributed by atoms with Gasteiger partial charge in [-0.15, -0.1) is 0 Å². The van der Waals surface area contributed by atoms with Crippen molar-refractivity contribution in [3.05, 3.63) is 71.3 Å². The molecule has 0 radical (unpaired) electrons. The number of amides is 1. The summed E-state index contributed by atoms with van der Waals surface area (Å²) in [7, 11) is 2.19. The standard InChI is InChI=1S/C23H26F2N2O3.HI/c1-27(12-10-23(11-13-27)16-26-22(28)30-23)14-15-29-21(17-2-6-19(24)7-3-17)18-4-8-20(25)9-5-18;/h2-9,21H,10-16H2,1H3;1H. The molecule has 2 saturated heterocycles. The quantitative estimate of drug-likeness (QED) is 0.433. The van der Waals surface area contributed by atoms with Crippen molar-refractivity contribution in [2.45, 2.75) is 24.5 Å². The van der Waals surface area contributed by atoms with Gasteiger partial charge in [-0.2, -0.15) is 0 Å². The molecule has 0 atom stereocenters. The molecule has 168 valence electrons. The molecule has 0 bridgehead atoms. The first kappa shape index (κ1) is 23.9. The summed E-state index contributed by atoms with van der Waals surface area (Å²) in [5, 5.41) is 2.76. The van der Waals surface area contributed by atoms with Gasteiger partial charge < -0.3 is 43.3 Å². The fourth-order valence-electron chi connectivity index (χ4n) is 4.24. The molecule has 0 aliphatic carbocycles. The number of alkyl carbamates (subject to hydrolysis) is 1. The highest BCUT2D eigenvalue weighted by Crippen LogP contribution is 2.32. The van der Waals surface area contributed by atoms with E-state index < -0.39 is 6.10 Å². The third-order valence-electron chi connectivity index (χ3n) is 6.34. The zero-order chi connectivity index (χ0) is 21.2. The van der Waals surface area contributed by atoms with Crippen LogP contribution in [0.3, 0.4) is 0 Å². The minimum Gasteiger partial charge on any atom is -1.00 e. The Morgan fingerprint density at radius 3 is 2.00 bits per heavy atom. The SMILES string of the molecule is C[N+]1(CCOC(c2ccc(F)cc2)c2ccc(F)cc2)CCC2(CC1)CNC(=O)O2.[I-]. The van der Waals surface area contributed by atoms with Crippen LogP contribution in [0.25, 0.3) is 0 Å². The molecule has 0 saturated carbocycles. The highest BCUT2D eigenvalue weighted by molar-refractivity contribution is 5.70. The van der Waals surface area contributed by atoms with Gasteiger partial charge in [-0.3, -0.25) is 0 Å². The first-order valence-corrected chi connectivity index (χ1v) is 10.3. The van der Waals surface area contributed by atoms with Gasteiger partial charge in [-0.1, -0.05) is 24.3 Å². The predicted molar refractivity (Wildman–Crippen MR) is 108 cm³/mol. The molecule has 2 heterocycles. The third-order valence-corrected chi connectivity index (χ3v) is 6.34. The van der Waals surface area contributed by atoms with Crippen LogP contribution >= 0.6 is 0 Å². The van der Waals surface area contributed by atoms with Crippen LogP contribution < -0.4 is 29.3 Å². The molecule has 31 heavy (non-hydrogen) atoms. The van der Waals surface area contributed by atoms with Gasteiger partial charge in [0.05, 0.1) is 33.3 Å². The number of carbonyl (C=O) groups excluding carboxylic acids is 1. The number of carbonyl (C=O) groups is 1. The Morgan fingerprint density at radius 2 is 1.55 bits per heavy atom. The van der Waals surface area contributed by atoms with Crippen molar-refractivity contribution in [1.82, 2.24) is 5.32 Å². The van der Waals surface area contributed by atoms with E-state index in [0.717, 1.165) is 48.1 Å². The Morgan fingerprint density at radius 1 is 1.03 bits per heavy atom. The number of likely N-dealkylation sites (N-methyl/N-ethyl adjacent to an activating group) is 1. The monoisotopic (exact) mass is 544 g/mol. The zero-order valence-electron chi connectivity index (χ0n) is 17.5. The minimum atomic E-state index is -0.395. The van der Waals surface area contributed by atoms with E-state index in [1.165, 1.54) is 24.3 Å². The highest BCUT2D eigenvalue weighted by atomic mass is 127. The van der Waals surface area contributed by atoms with Crippen LogP contribution in [-0.2, 0) is 9.47 Å². The number of rotatable bonds is 6. The second kappa shape index (κ2) is 9.79. The van der Waals surface area contributed by atoms with Crippen molar-refractivity contribution >= 4 is 6.09 Å². The number of nitrogens with one attached hydrogen (secondary N) is 1. The zero-order valence-corrected chi connectivity index (χ0v) is 19.6. The molecular weight excluding hydrogens is 517 g/mol. The predicted octanol–water partition coefficient (Wildman–Crippen LogP) is 0.794. The molecule has 2 aliphatic rings. The molecule has 0 aromatic heterocycles. The van der Waals surface area contributed by atoms with Crippen molar-refractivity contribution in [3.63, 3.8) is 0 Å². The Kier molecular flexibility index (Phi) is 7.54. The van der Waals surface area contributed by atoms with Crippen LogP contribution in [0.4, 0.5) is 13.6 Å². The van der Waals surface area contributed by atoms with Gasteiger partial charge in [0.15, 0.2) is 0 Å². The number of benzene rings is 2. The molecule has 1 amide bonds. The average Bonchev–Trinajstić information content (AvgIpc) is 3.11. The Balaban J connectivity index is 0.00000272. The van der Waals surface area contributed by atoms with Gasteiger partial charge in [-0.25, -0.2) is 13.6 Å². The van der Waals surface area contributed by atoms with E-state index in [0.29, 0.717) is 13.2 Å². The second-order valence-electron chi connectivity index (χ2n) is 8.57. The summed E-state index contributed by atoms with van der Waals surface area (Å²) in [5.41, 5.74) is 1.29. The van der Waals surface area contributed by atoms with Gasteiger partial charge in [-0.05, 0) is 35.4 Å². The summed E-state index contributed by atoms with van der Waals surface area (Å²) in [5.74, 6) is -0.613. The van der Waals surface area contributed by atoms with E-state index in [4.69, 9.17) is 9.47 Å². The molecule has 1 spiro atoms. The van der Waals surface area contributed by atoms with Crippen molar-refractivity contribution in [2.75, 3.05) is 39.8 Å². The first-order valence-electron chi connectivity index (χ1n) is 10.3. The van der Waals surface area contributed by atoms with Gasteiger partial charge in [0.25, 0.3) is 0 Å². The Labute approximate surface area is 198 Å². The smallest absolute Gasteiger partial charge is 0.407 e. The lowest BCUT2D eigenvalue weighted by atomic mass is 9.90. The number of piperidine rings is 1. The normalized spacial score (nSPS) is 25.2. The summed E-state index contributed by atoms with van der Waals surface area (Å²) < 4.78 is 39.3. The topological polar surface area (TPSA) is 47.6 Å². The lowest BCUT2D eigenvalue weighted by Gasteiger charge is -2.43. The number of ether oxygens (including phenoxy) is 2. The van der Waals surface area contributed by atoms with E-state index in [2.05, 4.69) is 12.4 Å². The maximum Gasteiger partial charge on any atom is 0.407 e. The first-order chi connectivity index (χ1) is 14.4. The molecule has 2 aromatic rings. The van der Waals surface area contributed by atoms with Gasteiger partial charge in [0.1, 0.15) is 29.9 Å². The number of likely N-dealkylation sites (tertiary alicyclic amines) is 1. The van der Waals surface area contributed by atoms with Crippen LogP contribution in [0, 0.1) is 11.6 Å². The van der Waals surface area contributed by atoms with Crippen molar-refractivity contribution in [3.8, 4) is 0 Å². The van der Waals surface area contributed by atoms with Gasteiger partial charge >= 0.3 is 6.09 Å². The average molecular weight is 544 g/mol. The summed E-state index contributed by atoms with van der Waals surface area (Å²) >= 11 is 0. The third kappa shape index (κ3) is 5.72. The number of nitrogens with zero attached hydrogens (tertiary/aromatic N) is 1. The summed E-state index contributed by atoms with van der Waals surface area (Å²) in [6, 6.07) is 12.4. The molecule has 1 N–H and O–H groups in total. The molecule has 2 fully saturated rings. The van der Waals surface area contributed by atoms with Gasteiger partial charge in [0, 0.05) is 12.8 Å². The van der Waals surface area contributed by atoms with Crippen molar-refractivity contribution in [2.24, 2.45) is 0 Å². The molecular formula is C23H27F2IN2O3. The highest BCUT2D eigenvalue weighted by Gasteiger charge is 2.47. The summed E-state index contributed by atoms with van der Waals surface area (Å²) in [6.45, 7) is 3.68. The van der Waals surface area contributed by atoms with E-state index in [1.807, 2.05) is 0 Å². The van der Waals surface area contributed by atoms with Crippen LogP contribution in [0.5, 0.6) is 0 Å². The van der Waals surface area contributed by atoms with E-state index >= 15 is 0 Å². The summed E-state index contributed by atoms with van der Waals surface area (Å²) in [6.07, 6.45) is 0.924. The van der Waals surface area contributed by atoms with E-state index in [1.54, 1.807) is 24.3 Å². The van der Waals surface area contributed by atoms with Gasteiger partial charge in [0.2, 0.25) is 0 Å². The maximum absolute atomic E-state index is 13.4. The minimum absolute atomic E-state index is 0. The van der Waals surface area contributed by atoms with Crippen LogP contribution in [0.1, 0.15) is 30.1 Å². The maximum atomic E-state index is 13.4. The van der Waals surface area contributed by atoms with E-state index in [-0.39, 0.29) is 47.3 Å². The lowest BCUT2D eigenvalue weighted by Crippen LogP contribution is -3.00. The van der Waals surface area contributed by atoms with Crippen molar-refractivity contribution < 1.29 is 51.5 Å². The van der Waals surface area contributed by atoms with Crippen LogP contribution in [0.15, 0.2) is 48.5 Å². The molecule has 8 heteroatoms. The Bertz CT molecular complexity index is 839.